The molecule has 10 heteroatoms. The molecule has 0 aliphatic heterocycles. The van der Waals surface area contributed by atoms with Gasteiger partial charge in [0.05, 0.1) is 4.90 Å². The van der Waals surface area contributed by atoms with Crippen LogP contribution in [-0.4, -0.2) is 31.3 Å². The van der Waals surface area contributed by atoms with Crippen molar-refractivity contribution >= 4 is 44.0 Å². The summed E-state index contributed by atoms with van der Waals surface area (Å²) < 4.78 is 26.8. The Morgan fingerprint density at radius 1 is 0.900 bits per heavy atom. The molecule has 3 aromatic rings. The molecule has 0 fully saturated rings. The lowest BCUT2D eigenvalue weighted by Gasteiger charge is -2.10. The summed E-state index contributed by atoms with van der Waals surface area (Å²) in [6.45, 7) is 3.46. The molecule has 1 heterocycles. The summed E-state index contributed by atoms with van der Waals surface area (Å²) in [7, 11) is -3.62. The summed E-state index contributed by atoms with van der Waals surface area (Å²) in [5, 5.41) is 7.66. The van der Waals surface area contributed by atoms with Crippen LogP contribution in [0.5, 0.6) is 0 Å². The van der Waals surface area contributed by atoms with E-state index in [2.05, 4.69) is 20.3 Å². The quantitative estimate of drug-likeness (QED) is 0.517. The van der Waals surface area contributed by atoms with E-state index >= 15 is 0 Å². The lowest BCUT2D eigenvalue weighted by Crippen LogP contribution is -2.30. The van der Waals surface area contributed by atoms with Crippen molar-refractivity contribution < 1.29 is 18.0 Å². The van der Waals surface area contributed by atoms with Gasteiger partial charge < -0.3 is 5.32 Å². The predicted octanol–water partition coefficient (Wildman–Crippen LogP) is 3.33. The molecule has 0 radical (unpaired) electrons. The standard InChI is InChI=1S/C20H20N4O4S2/c1-13(2)24-30(27,28)17-9-5-15(6-10-17)18(25)22-16-7-3-14(4-8-16)19(26)23-20-21-11-12-29-20/h3-13,24H,1-2H3,(H,22,25)(H,21,23,26). The summed E-state index contributed by atoms with van der Waals surface area (Å²) in [6, 6.07) is 11.8. The second-order valence-corrected chi connectivity index (χ2v) is 9.23. The second-order valence-electron chi connectivity index (χ2n) is 6.62. The van der Waals surface area contributed by atoms with Crippen LogP contribution in [0, 0.1) is 0 Å². The SMILES string of the molecule is CC(C)NS(=O)(=O)c1ccc(C(=O)Nc2ccc(C(=O)Nc3nccs3)cc2)cc1. The second kappa shape index (κ2) is 9.16. The van der Waals surface area contributed by atoms with E-state index < -0.39 is 15.9 Å². The van der Waals surface area contributed by atoms with Crippen molar-refractivity contribution in [3.63, 3.8) is 0 Å². The van der Waals surface area contributed by atoms with E-state index in [-0.39, 0.29) is 16.8 Å². The van der Waals surface area contributed by atoms with Gasteiger partial charge in [0.1, 0.15) is 0 Å². The molecule has 2 aromatic carbocycles. The highest BCUT2D eigenvalue weighted by molar-refractivity contribution is 7.89. The fraction of sp³-hybridized carbons (Fsp3) is 0.150. The normalized spacial score (nSPS) is 11.3. The van der Waals surface area contributed by atoms with E-state index in [0.29, 0.717) is 21.9 Å². The van der Waals surface area contributed by atoms with Crippen molar-refractivity contribution in [3.05, 3.63) is 71.2 Å². The van der Waals surface area contributed by atoms with E-state index in [0.717, 1.165) is 0 Å². The lowest BCUT2D eigenvalue weighted by molar-refractivity contribution is 0.102. The van der Waals surface area contributed by atoms with Gasteiger partial charge in [-0.05, 0) is 62.4 Å². The van der Waals surface area contributed by atoms with E-state index in [1.807, 2.05) is 0 Å². The third kappa shape index (κ3) is 5.50. The van der Waals surface area contributed by atoms with Gasteiger partial charge in [-0.1, -0.05) is 0 Å². The maximum atomic E-state index is 12.4. The Bertz CT molecular complexity index is 1120. The zero-order chi connectivity index (χ0) is 21.7. The minimum absolute atomic E-state index is 0.0864. The van der Waals surface area contributed by atoms with E-state index in [1.54, 1.807) is 49.7 Å². The van der Waals surface area contributed by atoms with Crippen LogP contribution >= 0.6 is 11.3 Å². The maximum Gasteiger partial charge on any atom is 0.257 e. The molecule has 2 amide bonds. The van der Waals surface area contributed by atoms with Crippen molar-refractivity contribution in [2.24, 2.45) is 0 Å². The van der Waals surface area contributed by atoms with Crippen LogP contribution in [-0.2, 0) is 10.0 Å². The number of hydrogen-bond acceptors (Lipinski definition) is 6. The number of anilines is 2. The molecule has 0 saturated carbocycles. The van der Waals surface area contributed by atoms with Gasteiger partial charge in [0, 0.05) is 34.4 Å². The van der Waals surface area contributed by atoms with Gasteiger partial charge in [-0.15, -0.1) is 11.3 Å². The Kier molecular flexibility index (Phi) is 6.60. The molecule has 30 heavy (non-hydrogen) atoms. The molecule has 0 bridgehead atoms. The number of carbonyl (C=O) groups excluding carboxylic acids is 2. The molecule has 0 unspecified atom stereocenters. The largest absolute Gasteiger partial charge is 0.322 e. The van der Waals surface area contributed by atoms with Crippen molar-refractivity contribution in [1.82, 2.24) is 9.71 Å². The Labute approximate surface area is 178 Å². The third-order valence-electron chi connectivity index (χ3n) is 3.88. The van der Waals surface area contributed by atoms with Gasteiger partial charge in [0.25, 0.3) is 11.8 Å². The Morgan fingerprint density at radius 2 is 1.47 bits per heavy atom. The van der Waals surface area contributed by atoms with E-state index in [1.165, 1.54) is 35.6 Å². The first-order chi connectivity index (χ1) is 14.2. The molecule has 0 atom stereocenters. The Balaban J connectivity index is 1.63. The number of amides is 2. The fourth-order valence-electron chi connectivity index (χ4n) is 2.53. The Hall–Kier alpha value is -3.08. The molecule has 156 valence electrons. The lowest BCUT2D eigenvalue weighted by atomic mass is 10.1. The molecule has 3 rings (SSSR count). The van der Waals surface area contributed by atoms with E-state index in [4.69, 9.17) is 0 Å². The number of benzene rings is 2. The van der Waals surface area contributed by atoms with Gasteiger partial charge in [0.15, 0.2) is 5.13 Å². The number of sulfonamides is 1. The monoisotopic (exact) mass is 444 g/mol. The fourth-order valence-corrected chi connectivity index (χ4v) is 4.30. The first-order valence-electron chi connectivity index (χ1n) is 8.99. The van der Waals surface area contributed by atoms with Crippen molar-refractivity contribution in [2.75, 3.05) is 10.6 Å². The molecule has 0 aliphatic rings. The van der Waals surface area contributed by atoms with Crippen LogP contribution < -0.4 is 15.4 Å². The van der Waals surface area contributed by atoms with Gasteiger partial charge in [-0.3, -0.25) is 14.9 Å². The van der Waals surface area contributed by atoms with Crippen LogP contribution in [0.2, 0.25) is 0 Å². The zero-order valence-corrected chi connectivity index (χ0v) is 17.9. The molecule has 3 N–H and O–H groups in total. The topological polar surface area (TPSA) is 117 Å². The number of nitrogens with zero attached hydrogens (tertiary/aromatic N) is 1. The number of nitrogens with one attached hydrogen (secondary N) is 3. The molecule has 0 aliphatic carbocycles. The highest BCUT2D eigenvalue weighted by atomic mass is 32.2. The zero-order valence-electron chi connectivity index (χ0n) is 16.2. The molecule has 1 aromatic heterocycles. The average molecular weight is 445 g/mol. The van der Waals surface area contributed by atoms with Crippen molar-refractivity contribution in [3.8, 4) is 0 Å². The smallest absolute Gasteiger partial charge is 0.257 e. The average Bonchev–Trinajstić information content (AvgIpc) is 3.20. The van der Waals surface area contributed by atoms with Crippen LogP contribution in [0.3, 0.4) is 0 Å². The van der Waals surface area contributed by atoms with Gasteiger partial charge in [-0.2, -0.15) is 0 Å². The summed E-state index contributed by atoms with van der Waals surface area (Å²) >= 11 is 1.32. The summed E-state index contributed by atoms with van der Waals surface area (Å²) in [5.74, 6) is -0.689. The minimum atomic E-state index is -3.62. The number of rotatable bonds is 7. The highest BCUT2D eigenvalue weighted by Gasteiger charge is 2.16. The molecule has 8 nitrogen and oxygen atoms in total. The molecule has 0 spiro atoms. The number of thiazole rings is 1. The number of aromatic nitrogens is 1. The van der Waals surface area contributed by atoms with Crippen molar-refractivity contribution in [2.45, 2.75) is 24.8 Å². The van der Waals surface area contributed by atoms with Crippen LogP contribution in [0.4, 0.5) is 10.8 Å². The summed E-state index contributed by atoms with van der Waals surface area (Å²) in [4.78, 5) is 28.7. The number of carbonyl (C=O) groups is 2. The van der Waals surface area contributed by atoms with E-state index in [9.17, 15) is 18.0 Å². The van der Waals surface area contributed by atoms with Crippen LogP contribution in [0.25, 0.3) is 0 Å². The van der Waals surface area contributed by atoms with Crippen LogP contribution in [0.1, 0.15) is 34.6 Å². The summed E-state index contributed by atoms with van der Waals surface area (Å²) in [5.41, 5.74) is 1.24. The number of hydrogen-bond donors (Lipinski definition) is 3. The van der Waals surface area contributed by atoms with Crippen molar-refractivity contribution in [1.29, 1.82) is 0 Å². The van der Waals surface area contributed by atoms with Gasteiger partial charge in [0.2, 0.25) is 10.0 Å². The summed E-state index contributed by atoms with van der Waals surface area (Å²) in [6.07, 6.45) is 1.60. The predicted molar refractivity (Wildman–Crippen MR) is 116 cm³/mol. The van der Waals surface area contributed by atoms with Crippen LogP contribution in [0.15, 0.2) is 65.0 Å². The molecular formula is C20H20N4O4S2. The minimum Gasteiger partial charge on any atom is -0.322 e. The van der Waals surface area contributed by atoms with Gasteiger partial charge in [-0.25, -0.2) is 18.1 Å². The third-order valence-corrected chi connectivity index (χ3v) is 6.24. The molecule has 0 saturated heterocycles. The first-order valence-corrected chi connectivity index (χ1v) is 11.4. The first kappa shape index (κ1) is 21.6. The van der Waals surface area contributed by atoms with Gasteiger partial charge >= 0.3 is 0 Å². The maximum absolute atomic E-state index is 12.4. The highest BCUT2D eigenvalue weighted by Crippen LogP contribution is 2.16. The Morgan fingerprint density at radius 3 is 2.00 bits per heavy atom. The molecular weight excluding hydrogens is 424 g/mol.